The SMILES string of the molecule is COc1cccc([C@H](C)NC(=O)COC(=O)c2cccc(F)c2)c1. The zero-order chi connectivity index (χ0) is 17.5. The van der Waals surface area contributed by atoms with Crippen molar-refractivity contribution in [1.29, 1.82) is 0 Å². The number of hydrogen-bond donors (Lipinski definition) is 1. The molecule has 0 aliphatic carbocycles. The van der Waals surface area contributed by atoms with Gasteiger partial charge in [0, 0.05) is 0 Å². The molecule has 0 aliphatic rings. The molecular weight excluding hydrogens is 313 g/mol. The van der Waals surface area contributed by atoms with E-state index in [1.807, 2.05) is 18.2 Å². The first-order valence-electron chi connectivity index (χ1n) is 7.35. The summed E-state index contributed by atoms with van der Waals surface area (Å²) in [5.74, 6) is -1.06. The lowest BCUT2D eigenvalue weighted by molar-refractivity contribution is -0.124. The van der Waals surface area contributed by atoms with Gasteiger partial charge in [0.05, 0.1) is 18.7 Å². The van der Waals surface area contributed by atoms with Crippen LogP contribution in [0.1, 0.15) is 28.9 Å². The van der Waals surface area contributed by atoms with Crippen molar-refractivity contribution < 1.29 is 23.5 Å². The largest absolute Gasteiger partial charge is 0.497 e. The number of benzene rings is 2. The van der Waals surface area contributed by atoms with Gasteiger partial charge in [-0.3, -0.25) is 4.79 Å². The van der Waals surface area contributed by atoms with Crippen LogP contribution in [0.15, 0.2) is 48.5 Å². The predicted octanol–water partition coefficient (Wildman–Crippen LogP) is 2.87. The number of amides is 1. The number of halogens is 1. The third-order valence-corrected chi connectivity index (χ3v) is 3.37. The summed E-state index contributed by atoms with van der Waals surface area (Å²) in [6.07, 6.45) is 0. The van der Waals surface area contributed by atoms with E-state index in [9.17, 15) is 14.0 Å². The van der Waals surface area contributed by atoms with Crippen molar-refractivity contribution in [1.82, 2.24) is 5.32 Å². The number of hydrogen-bond acceptors (Lipinski definition) is 4. The van der Waals surface area contributed by atoms with Crippen molar-refractivity contribution in [3.8, 4) is 5.75 Å². The summed E-state index contributed by atoms with van der Waals surface area (Å²) in [6.45, 7) is 1.37. The lowest BCUT2D eigenvalue weighted by Crippen LogP contribution is -2.31. The minimum absolute atomic E-state index is 0.0589. The van der Waals surface area contributed by atoms with E-state index >= 15 is 0 Å². The van der Waals surface area contributed by atoms with E-state index in [4.69, 9.17) is 9.47 Å². The molecule has 0 heterocycles. The Kier molecular flexibility index (Phi) is 5.89. The van der Waals surface area contributed by atoms with E-state index in [0.29, 0.717) is 5.75 Å². The Hall–Kier alpha value is -2.89. The molecule has 0 fully saturated rings. The van der Waals surface area contributed by atoms with E-state index in [0.717, 1.165) is 11.6 Å². The molecule has 1 amide bonds. The Labute approximate surface area is 139 Å². The molecule has 2 aromatic rings. The van der Waals surface area contributed by atoms with Crippen LogP contribution in [0.3, 0.4) is 0 Å². The van der Waals surface area contributed by atoms with Crippen molar-refractivity contribution in [3.05, 3.63) is 65.5 Å². The third-order valence-electron chi connectivity index (χ3n) is 3.37. The molecule has 0 radical (unpaired) electrons. The summed E-state index contributed by atoms with van der Waals surface area (Å²) < 4.78 is 23.1. The van der Waals surface area contributed by atoms with Crippen LogP contribution in [0.4, 0.5) is 4.39 Å². The van der Waals surface area contributed by atoms with Crippen molar-refractivity contribution in [2.45, 2.75) is 13.0 Å². The first-order chi connectivity index (χ1) is 11.5. The summed E-state index contributed by atoms with van der Waals surface area (Å²) in [5, 5.41) is 2.72. The van der Waals surface area contributed by atoms with Gasteiger partial charge in [-0.05, 0) is 42.8 Å². The molecular formula is C18H18FNO4. The van der Waals surface area contributed by atoms with Gasteiger partial charge in [0.25, 0.3) is 5.91 Å². The molecule has 5 nitrogen and oxygen atoms in total. The molecule has 0 saturated heterocycles. The molecule has 6 heteroatoms. The van der Waals surface area contributed by atoms with Gasteiger partial charge in [-0.15, -0.1) is 0 Å². The van der Waals surface area contributed by atoms with Gasteiger partial charge >= 0.3 is 5.97 Å². The average Bonchev–Trinajstić information content (AvgIpc) is 2.59. The quantitative estimate of drug-likeness (QED) is 0.827. The average molecular weight is 331 g/mol. The number of ether oxygens (including phenoxy) is 2. The molecule has 1 N–H and O–H groups in total. The minimum Gasteiger partial charge on any atom is -0.497 e. The summed E-state index contributed by atoms with van der Waals surface area (Å²) in [6, 6.07) is 12.1. The lowest BCUT2D eigenvalue weighted by Gasteiger charge is -2.15. The lowest BCUT2D eigenvalue weighted by atomic mass is 10.1. The Morgan fingerprint density at radius 1 is 1.17 bits per heavy atom. The maximum Gasteiger partial charge on any atom is 0.338 e. The highest BCUT2D eigenvalue weighted by Gasteiger charge is 2.14. The number of carbonyl (C=O) groups is 2. The van der Waals surface area contributed by atoms with E-state index in [1.54, 1.807) is 20.1 Å². The van der Waals surface area contributed by atoms with Crippen LogP contribution in [0.5, 0.6) is 5.75 Å². The molecule has 0 unspecified atom stereocenters. The maximum atomic E-state index is 13.1. The van der Waals surface area contributed by atoms with Crippen LogP contribution in [0.25, 0.3) is 0 Å². The zero-order valence-electron chi connectivity index (χ0n) is 13.4. The highest BCUT2D eigenvalue weighted by Crippen LogP contribution is 2.18. The number of esters is 1. The van der Waals surface area contributed by atoms with Gasteiger partial charge in [0.2, 0.25) is 0 Å². The zero-order valence-corrected chi connectivity index (χ0v) is 13.4. The minimum atomic E-state index is -0.751. The van der Waals surface area contributed by atoms with Crippen molar-refractivity contribution in [3.63, 3.8) is 0 Å². The summed E-state index contributed by atoms with van der Waals surface area (Å²) in [7, 11) is 1.56. The van der Waals surface area contributed by atoms with Gasteiger partial charge < -0.3 is 14.8 Å². The van der Waals surface area contributed by atoms with Crippen LogP contribution >= 0.6 is 0 Å². The first-order valence-corrected chi connectivity index (χ1v) is 7.35. The number of nitrogens with one attached hydrogen (secondary N) is 1. The second-order valence-corrected chi connectivity index (χ2v) is 5.15. The highest BCUT2D eigenvalue weighted by molar-refractivity contribution is 5.91. The molecule has 2 rings (SSSR count). The Morgan fingerprint density at radius 3 is 2.62 bits per heavy atom. The predicted molar refractivity (Wildman–Crippen MR) is 86.2 cm³/mol. The third kappa shape index (κ3) is 4.81. The second-order valence-electron chi connectivity index (χ2n) is 5.15. The van der Waals surface area contributed by atoms with Crippen LogP contribution in [-0.4, -0.2) is 25.6 Å². The van der Waals surface area contributed by atoms with Crippen LogP contribution in [0, 0.1) is 5.82 Å². The number of carbonyl (C=O) groups excluding carboxylic acids is 2. The van der Waals surface area contributed by atoms with Gasteiger partial charge in [0.1, 0.15) is 11.6 Å². The molecule has 0 aromatic heterocycles. The van der Waals surface area contributed by atoms with E-state index in [2.05, 4.69) is 5.32 Å². The fourth-order valence-electron chi connectivity index (χ4n) is 2.11. The van der Waals surface area contributed by atoms with Crippen molar-refractivity contribution in [2.24, 2.45) is 0 Å². The van der Waals surface area contributed by atoms with E-state index in [-0.39, 0.29) is 11.6 Å². The monoisotopic (exact) mass is 331 g/mol. The normalized spacial score (nSPS) is 11.5. The second kappa shape index (κ2) is 8.10. The van der Waals surface area contributed by atoms with Gasteiger partial charge in [-0.1, -0.05) is 18.2 Å². The fraction of sp³-hybridized carbons (Fsp3) is 0.222. The molecule has 0 aliphatic heterocycles. The van der Waals surface area contributed by atoms with Crippen LogP contribution in [0.2, 0.25) is 0 Å². The molecule has 0 spiro atoms. The van der Waals surface area contributed by atoms with Crippen molar-refractivity contribution >= 4 is 11.9 Å². The summed E-state index contributed by atoms with van der Waals surface area (Å²) in [5.41, 5.74) is 0.919. The van der Waals surface area contributed by atoms with E-state index < -0.39 is 24.3 Å². The maximum absolute atomic E-state index is 13.1. The van der Waals surface area contributed by atoms with Gasteiger partial charge in [0.15, 0.2) is 6.61 Å². The standard InChI is InChI=1S/C18H18FNO4/c1-12(13-5-4-8-16(10-13)23-2)20-17(21)11-24-18(22)14-6-3-7-15(19)9-14/h3-10,12H,11H2,1-2H3,(H,20,21)/t12-/m0/s1. The van der Waals surface area contributed by atoms with E-state index in [1.165, 1.54) is 18.2 Å². The Morgan fingerprint density at radius 2 is 1.92 bits per heavy atom. The van der Waals surface area contributed by atoms with Gasteiger partial charge in [-0.25, -0.2) is 9.18 Å². The Balaban J connectivity index is 1.87. The molecule has 24 heavy (non-hydrogen) atoms. The molecule has 0 saturated carbocycles. The highest BCUT2D eigenvalue weighted by atomic mass is 19.1. The topological polar surface area (TPSA) is 64.6 Å². The molecule has 2 aromatic carbocycles. The summed E-state index contributed by atoms with van der Waals surface area (Å²) >= 11 is 0. The smallest absolute Gasteiger partial charge is 0.338 e. The molecule has 126 valence electrons. The molecule has 0 bridgehead atoms. The van der Waals surface area contributed by atoms with Crippen LogP contribution in [-0.2, 0) is 9.53 Å². The first kappa shape index (κ1) is 17.5. The fourth-order valence-corrected chi connectivity index (χ4v) is 2.11. The van der Waals surface area contributed by atoms with Gasteiger partial charge in [-0.2, -0.15) is 0 Å². The number of rotatable bonds is 6. The van der Waals surface area contributed by atoms with Crippen molar-refractivity contribution in [2.75, 3.05) is 13.7 Å². The summed E-state index contributed by atoms with van der Waals surface area (Å²) in [4.78, 5) is 23.6. The number of methoxy groups -OCH3 is 1. The molecule has 1 atom stereocenters. The van der Waals surface area contributed by atoms with Crippen LogP contribution < -0.4 is 10.1 Å². The Bertz CT molecular complexity index is 732.